The number of hydrogen-bond acceptors (Lipinski definition) is 11. The third kappa shape index (κ3) is 14.4. The van der Waals surface area contributed by atoms with Gasteiger partial charge in [-0.3, -0.25) is 9.59 Å². The number of ether oxygens (including phenoxy) is 1. The fourth-order valence-corrected chi connectivity index (χ4v) is 5.19. The fraction of sp³-hybridized carbons (Fsp3) is 0.613. The van der Waals surface area contributed by atoms with Crippen LogP contribution in [0.5, 0.6) is 0 Å². The average molecular weight is 604 g/mol. The Morgan fingerprint density at radius 2 is 1.84 bits per heavy atom. The lowest BCUT2D eigenvalue weighted by Gasteiger charge is -2.21. The van der Waals surface area contributed by atoms with Crippen LogP contribution in [-0.2, 0) is 30.4 Å². The van der Waals surface area contributed by atoms with Gasteiger partial charge in [0.25, 0.3) is 0 Å². The molecule has 6 atom stereocenters. The zero-order valence-electron chi connectivity index (χ0n) is 24.8. The van der Waals surface area contributed by atoms with Gasteiger partial charge in [-0.1, -0.05) is 48.6 Å². The summed E-state index contributed by atoms with van der Waals surface area (Å²) in [6.07, 6.45) is 9.44. The van der Waals surface area contributed by atoms with Gasteiger partial charge in [-0.15, -0.1) is 9.81 Å². The molecular weight excluding hydrogens is 558 g/mol. The van der Waals surface area contributed by atoms with Gasteiger partial charge in [0.05, 0.1) is 12.2 Å². The highest BCUT2D eigenvalue weighted by Gasteiger charge is 2.39. The fourth-order valence-electron chi connectivity index (χ4n) is 5.19. The van der Waals surface area contributed by atoms with Crippen LogP contribution in [0.4, 0.5) is 0 Å². The van der Waals surface area contributed by atoms with E-state index in [4.69, 9.17) is 4.74 Å². The molecule has 0 spiro atoms. The number of nitrogens with one attached hydrogen (secondary N) is 1. The first kappa shape index (κ1) is 35.6. The van der Waals surface area contributed by atoms with E-state index in [0.29, 0.717) is 38.6 Å². The molecule has 43 heavy (non-hydrogen) atoms. The largest absolute Gasteiger partial charge is 0.458 e. The summed E-state index contributed by atoms with van der Waals surface area (Å²) in [6, 6.07) is 9.80. The first-order valence-electron chi connectivity index (χ1n) is 15.0. The van der Waals surface area contributed by atoms with Gasteiger partial charge in [-0.05, 0) is 69.4 Å². The van der Waals surface area contributed by atoms with Crippen molar-refractivity contribution in [2.45, 2.75) is 95.5 Å². The summed E-state index contributed by atoms with van der Waals surface area (Å²) in [4.78, 5) is 53.8. The number of aryl methyl sites for hydroxylation is 1. The Balaban J connectivity index is 1.98. The third-order valence-electron chi connectivity index (χ3n) is 7.44. The molecule has 0 aliphatic heterocycles. The van der Waals surface area contributed by atoms with Gasteiger partial charge >= 0.3 is 5.97 Å². The summed E-state index contributed by atoms with van der Waals surface area (Å²) >= 11 is 0. The summed E-state index contributed by atoms with van der Waals surface area (Å²) in [5.74, 6) is -0.918. The molecule has 1 aromatic rings. The Labute approximate surface area is 252 Å². The molecule has 2 rings (SSSR count). The minimum Gasteiger partial charge on any atom is -0.458 e. The van der Waals surface area contributed by atoms with Crippen molar-refractivity contribution in [1.29, 1.82) is 0 Å². The molecular formula is C31H45N3O9. The lowest BCUT2D eigenvalue weighted by molar-refractivity contribution is -0.147. The molecule has 0 radical (unpaired) electrons. The summed E-state index contributed by atoms with van der Waals surface area (Å²) in [6.45, 7) is 2.25. The number of esters is 1. The first-order chi connectivity index (χ1) is 20.9. The number of carbonyl (C=O) groups is 2. The minimum absolute atomic E-state index is 0.0353. The Kier molecular flexibility index (Phi) is 17.5. The zero-order chi connectivity index (χ0) is 31.3. The highest BCUT2D eigenvalue weighted by molar-refractivity contribution is 5.75. The lowest BCUT2D eigenvalue weighted by Crippen LogP contribution is -2.22. The number of rotatable bonds is 22. The van der Waals surface area contributed by atoms with E-state index in [9.17, 15) is 29.6 Å². The molecule has 0 unspecified atom stereocenters. The summed E-state index contributed by atoms with van der Waals surface area (Å²) in [7, 11) is 0. The molecule has 1 aliphatic rings. The molecule has 3 N–H and O–H groups in total. The van der Waals surface area contributed by atoms with Crippen molar-refractivity contribution in [3.8, 4) is 0 Å². The van der Waals surface area contributed by atoms with Crippen LogP contribution in [0.2, 0.25) is 0 Å². The van der Waals surface area contributed by atoms with Crippen molar-refractivity contribution in [2.75, 3.05) is 13.2 Å². The average Bonchev–Trinajstić information content (AvgIpc) is 3.26. The molecule has 1 aromatic carbocycles. The minimum atomic E-state index is -0.807. The van der Waals surface area contributed by atoms with Crippen LogP contribution in [0.15, 0.2) is 65.3 Å². The van der Waals surface area contributed by atoms with Crippen molar-refractivity contribution in [2.24, 2.45) is 22.5 Å². The zero-order valence-corrected chi connectivity index (χ0v) is 24.8. The number of allylic oxidation sites excluding steroid dienone is 2. The molecule has 0 saturated heterocycles. The number of nitrogens with zero attached hydrogens (tertiary/aromatic N) is 2. The van der Waals surface area contributed by atoms with Crippen molar-refractivity contribution in [1.82, 2.24) is 5.32 Å². The number of carbonyl (C=O) groups excluding carboxylic acids is 2. The van der Waals surface area contributed by atoms with Gasteiger partial charge < -0.3 is 29.9 Å². The van der Waals surface area contributed by atoms with Crippen molar-refractivity contribution >= 4 is 11.9 Å². The summed E-state index contributed by atoms with van der Waals surface area (Å²) in [5, 5.41) is 28.7. The van der Waals surface area contributed by atoms with Crippen LogP contribution in [0.3, 0.4) is 0 Å². The van der Waals surface area contributed by atoms with Crippen LogP contribution in [0.25, 0.3) is 0 Å². The smallest absolute Gasteiger partial charge is 0.306 e. The van der Waals surface area contributed by atoms with E-state index in [1.807, 2.05) is 55.5 Å². The van der Waals surface area contributed by atoms with E-state index in [2.05, 4.69) is 25.7 Å². The van der Waals surface area contributed by atoms with Gasteiger partial charge in [0.2, 0.25) is 5.91 Å². The maximum atomic E-state index is 12.7. The third-order valence-corrected chi connectivity index (χ3v) is 7.44. The molecule has 1 amide bonds. The lowest BCUT2D eigenvalue weighted by atomic mass is 9.89. The highest BCUT2D eigenvalue weighted by atomic mass is 16.8. The number of benzene rings is 1. The van der Waals surface area contributed by atoms with Crippen molar-refractivity contribution in [3.05, 3.63) is 70.0 Å². The quantitative estimate of drug-likeness (QED) is 0.0561. The van der Waals surface area contributed by atoms with E-state index < -0.39 is 30.4 Å². The highest BCUT2D eigenvalue weighted by Crippen LogP contribution is 2.36. The number of aliphatic hydroxyl groups excluding tert-OH is 2. The predicted octanol–water partition coefficient (Wildman–Crippen LogP) is 4.63. The number of aliphatic hydroxyl groups is 2. The Morgan fingerprint density at radius 3 is 2.56 bits per heavy atom. The SMILES string of the molecule is CCNC(=O)CCC/C=C\C[C@@H]1[C@@H](/C=C/[C@H](CCc2ccccc2)OC(=O)CCC[C@@H](CON=O)ON=O)[C@H](O)C[C@@H]1O. The molecule has 12 heteroatoms. The predicted molar refractivity (Wildman–Crippen MR) is 160 cm³/mol. The van der Waals surface area contributed by atoms with E-state index in [-0.39, 0.29) is 43.6 Å². The van der Waals surface area contributed by atoms with E-state index in [1.54, 1.807) is 6.08 Å². The maximum absolute atomic E-state index is 12.7. The second kappa shape index (κ2) is 21.1. The molecule has 12 nitrogen and oxygen atoms in total. The maximum Gasteiger partial charge on any atom is 0.306 e. The first-order valence-corrected chi connectivity index (χ1v) is 15.0. The van der Waals surface area contributed by atoms with E-state index in [0.717, 1.165) is 18.4 Å². The number of unbranched alkanes of at least 4 members (excludes halogenated alkanes) is 1. The van der Waals surface area contributed by atoms with E-state index >= 15 is 0 Å². The number of hydrogen-bond donors (Lipinski definition) is 3. The van der Waals surface area contributed by atoms with Gasteiger partial charge in [0, 0.05) is 31.7 Å². The van der Waals surface area contributed by atoms with Crippen molar-refractivity contribution in [3.63, 3.8) is 0 Å². The van der Waals surface area contributed by atoms with Gasteiger partial charge in [0.1, 0.15) is 6.10 Å². The molecule has 0 heterocycles. The Bertz CT molecular complexity index is 1020. The normalized spacial score (nSPS) is 21.4. The molecule has 1 aliphatic carbocycles. The second-order valence-corrected chi connectivity index (χ2v) is 10.7. The number of amides is 1. The molecule has 0 bridgehead atoms. The Morgan fingerprint density at radius 1 is 1.05 bits per heavy atom. The molecule has 1 saturated carbocycles. The van der Waals surface area contributed by atoms with Crippen LogP contribution in [-0.4, -0.2) is 59.7 Å². The Hall–Kier alpha value is -3.64. The standard InChI is InChI=1S/C31H45N3O9/c1-2-32-30(37)15-9-4-3-8-14-26-27(29(36)21-28(26)35)20-19-24(18-17-23-11-6-5-7-12-23)42-31(38)16-10-13-25(43-34-40)22-41-33-39/h3,5-8,11-12,19-20,24-29,35-36H,2,4,9-10,13-18,21-22H2,1H3,(H,32,37)/b8-3-,20-19+/t24-,25-,26+,27+,28-,29+/m0/s1. The van der Waals surface area contributed by atoms with Crippen LogP contribution < -0.4 is 5.32 Å². The van der Waals surface area contributed by atoms with Gasteiger partial charge in [-0.2, -0.15) is 0 Å². The van der Waals surface area contributed by atoms with Crippen LogP contribution in [0.1, 0.15) is 70.3 Å². The molecule has 1 fully saturated rings. The van der Waals surface area contributed by atoms with Crippen LogP contribution >= 0.6 is 0 Å². The monoisotopic (exact) mass is 603 g/mol. The van der Waals surface area contributed by atoms with E-state index in [1.165, 1.54) is 0 Å². The van der Waals surface area contributed by atoms with Crippen LogP contribution in [0, 0.1) is 21.6 Å². The summed E-state index contributed by atoms with van der Waals surface area (Å²) < 4.78 is 5.77. The second-order valence-electron chi connectivity index (χ2n) is 10.7. The molecule has 0 aromatic heterocycles. The van der Waals surface area contributed by atoms with Crippen molar-refractivity contribution < 1.29 is 34.2 Å². The topological polar surface area (TPSA) is 173 Å². The van der Waals surface area contributed by atoms with Gasteiger partial charge in [0.15, 0.2) is 23.4 Å². The summed E-state index contributed by atoms with van der Waals surface area (Å²) in [5.41, 5.74) is 1.09. The molecule has 238 valence electrons. The van der Waals surface area contributed by atoms with Gasteiger partial charge in [-0.25, -0.2) is 0 Å².